The van der Waals surface area contributed by atoms with Gasteiger partial charge >= 0.3 is 11.9 Å². The second-order valence-corrected chi connectivity index (χ2v) is 9.30. The average Bonchev–Trinajstić information content (AvgIpc) is 3.16. The number of hydrogen-bond donors (Lipinski definition) is 1. The van der Waals surface area contributed by atoms with Crippen LogP contribution in [0.15, 0.2) is 46.8 Å². The maximum atomic E-state index is 15.1. The fraction of sp³-hybridized carbons (Fsp3) is 0.125. The van der Waals surface area contributed by atoms with Gasteiger partial charge < -0.3 is 15.2 Å². The summed E-state index contributed by atoms with van der Waals surface area (Å²) in [6.45, 7) is 0. The molecule has 2 aromatic carbocycles. The fourth-order valence-corrected chi connectivity index (χ4v) is 5.56. The van der Waals surface area contributed by atoms with Gasteiger partial charge in [-0.3, -0.25) is 9.36 Å². The van der Waals surface area contributed by atoms with Gasteiger partial charge in [-0.2, -0.15) is 0 Å². The molecule has 4 rings (SSSR count). The van der Waals surface area contributed by atoms with Crippen molar-refractivity contribution in [2.45, 2.75) is 5.92 Å². The van der Waals surface area contributed by atoms with E-state index in [4.69, 9.17) is 38.4 Å². The monoisotopic (exact) mass is 552 g/mol. The molecule has 0 fully saturated rings. The Hall–Kier alpha value is -3.47. The highest BCUT2D eigenvalue weighted by Gasteiger charge is 2.41. The van der Waals surface area contributed by atoms with Gasteiger partial charge in [0, 0.05) is 16.1 Å². The first-order valence-electron chi connectivity index (χ1n) is 10.1. The summed E-state index contributed by atoms with van der Waals surface area (Å²) in [4.78, 5) is 39.3. The average molecular weight is 553 g/mol. The highest BCUT2D eigenvalue weighted by Crippen LogP contribution is 2.41. The number of ether oxygens (including phenoxy) is 2. The van der Waals surface area contributed by atoms with E-state index in [1.165, 1.54) is 30.3 Å². The van der Waals surface area contributed by atoms with Gasteiger partial charge in [-0.1, -0.05) is 35.3 Å². The second kappa shape index (κ2) is 9.88. The lowest BCUT2D eigenvalue weighted by Gasteiger charge is -2.27. The van der Waals surface area contributed by atoms with E-state index >= 15 is 4.39 Å². The van der Waals surface area contributed by atoms with E-state index < -0.39 is 46.4 Å². The summed E-state index contributed by atoms with van der Waals surface area (Å²) < 4.78 is 40.1. The van der Waals surface area contributed by atoms with E-state index in [9.17, 15) is 18.8 Å². The summed E-state index contributed by atoms with van der Waals surface area (Å²) in [5, 5.41) is -0.0643. The predicted molar refractivity (Wildman–Crippen MR) is 132 cm³/mol. The van der Waals surface area contributed by atoms with Crippen molar-refractivity contribution in [1.82, 2.24) is 4.57 Å². The Morgan fingerprint density at radius 1 is 1.00 bits per heavy atom. The third-order valence-electron chi connectivity index (χ3n) is 5.52. The molecule has 186 valence electrons. The summed E-state index contributed by atoms with van der Waals surface area (Å²) in [6, 6.07) is 7.81. The number of esters is 2. The fourth-order valence-electron chi connectivity index (χ4n) is 3.92. The summed E-state index contributed by atoms with van der Waals surface area (Å²) in [7, 11) is 2.14. The normalized spacial score (nSPS) is 15.7. The Kier molecular flexibility index (Phi) is 7.03. The molecule has 0 saturated carbocycles. The predicted octanol–water partition coefficient (Wildman–Crippen LogP) is 2.75. The Bertz CT molecular complexity index is 1600. The number of benzene rings is 2. The van der Waals surface area contributed by atoms with Gasteiger partial charge in [0.15, 0.2) is 0 Å². The molecule has 0 aliphatic carbocycles. The lowest BCUT2D eigenvalue weighted by atomic mass is 9.83. The van der Waals surface area contributed by atoms with E-state index in [0.29, 0.717) is 0 Å². The highest BCUT2D eigenvalue weighted by atomic mass is 35.5. The molecule has 0 bridgehead atoms. The molecule has 1 aliphatic rings. The molecular formula is C24H16Cl2F2N2O5S. The van der Waals surface area contributed by atoms with Gasteiger partial charge in [0.1, 0.15) is 22.1 Å². The molecular weight excluding hydrogens is 537 g/mol. The molecule has 12 heteroatoms. The van der Waals surface area contributed by atoms with Gasteiger partial charge in [-0.15, -0.1) is 11.3 Å². The van der Waals surface area contributed by atoms with Crippen LogP contribution < -0.4 is 20.5 Å². The minimum atomic E-state index is -1.47. The first kappa shape index (κ1) is 25.6. The zero-order valence-corrected chi connectivity index (χ0v) is 20.9. The van der Waals surface area contributed by atoms with Gasteiger partial charge in [-0.05, 0) is 30.3 Å². The first-order chi connectivity index (χ1) is 17.1. The molecule has 1 aliphatic heterocycles. The summed E-state index contributed by atoms with van der Waals surface area (Å²) in [5.41, 5.74) is 4.52. The van der Waals surface area contributed by atoms with E-state index in [-0.39, 0.29) is 35.9 Å². The van der Waals surface area contributed by atoms with Crippen molar-refractivity contribution in [2.24, 2.45) is 5.73 Å². The molecule has 0 radical (unpaired) electrons. The number of nitrogens with zero attached hydrogens (tertiary/aromatic N) is 1. The number of methoxy groups -OCH3 is 2. The summed E-state index contributed by atoms with van der Waals surface area (Å²) in [5.74, 6) is -5.40. The van der Waals surface area contributed by atoms with Crippen LogP contribution in [0.5, 0.6) is 0 Å². The van der Waals surface area contributed by atoms with Crippen molar-refractivity contribution in [1.29, 1.82) is 0 Å². The first-order valence-corrected chi connectivity index (χ1v) is 11.7. The van der Waals surface area contributed by atoms with Crippen molar-refractivity contribution in [3.05, 3.63) is 94.3 Å². The molecule has 3 aromatic rings. The van der Waals surface area contributed by atoms with Crippen molar-refractivity contribution < 1.29 is 27.8 Å². The zero-order valence-electron chi connectivity index (χ0n) is 18.6. The Labute approximate surface area is 216 Å². The summed E-state index contributed by atoms with van der Waals surface area (Å²) in [6.07, 6.45) is 1.20. The van der Waals surface area contributed by atoms with Gasteiger partial charge in [0.25, 0.3) is 5.56 Å². The van der Waals surface area contributed by atoms with Crippen LogP contribution in [-0.4, -0.2) is 30.7 Å². The van der Waals surface area contributed by atoms with Crippen LogP contribution in [0.1, 0.15) is 17.0 Å². The molecule has 0 saturated heterocycles. The van der Waals surface area contributed by atoms with Crippen LogP contribution in [0.2, 0.25) is 10.0 Å². The Morgan fingerprint density at radius 2 is 1.58 bits per heavy atom. The molecule has 36 heavy (non-hydrogen) atoms. The van der Waals surface area contributed by atoms with Crippen molar-refractivity contribution in [3.8, 4) is 0 Å². The topological polar surface area (TPSA) is 101 Å². The van der Waals surface area contributed by atoms with E-state index in [2.05, 4.69) is 0 Å². The Morgan fingerprint density at radius 3 is 2.17 bits per heavy atom. The number of fused-ring (bicyclic) bond motifs is 1. The second-order valence-electron chi connectivity index (χ2n) is 7.46. The molecule has 1 unspecified atom stereocenters. The van der Waals surface area contributed by atoms with Gasteiger partial charge in [0.05, 0.1) is 40.8 Å². The lowest BCUT2D eigenvalue weighted by molar-refractivity contribution is -0.136. The van der Waals surface area contributed by atoms with Crippen LogP contribution >= 0.6 is 34.5 Å². The number of rotatable bonds is 4. The number of aromatic nitrogens is 1. The van der Waals surface area contributed by atoms with Crippen molar-refractivity contribution in [3.63, 3.8) is 0 Å². The van der Waals surface area contributed by atoms with E-state index in [1.54, 1.807) is 0 Å². The minimum absolute atomic E-state index is 0.0396. The molecule has 0 amide bonds. The van der Waals surface area contributed by atoms with E-state index in [0.717, 1.165) is 42.3 Å². The number of halogens is 4. The SMILES string of the molecule is COC(=O)C1=C(N)n2c(s/c(=C\c3c(F)cccc3Cl)c2=O)=C(C(=O)OC)C1c1c(F)cccc1Cl. The van der Waals surface area contributed by atoms with Crippen LogP contribution in [-0.2, 0) is 19.1 Å². The molecule has 7 nitrogen and oxygen atoms in total. The quantitative estimate of drug-likeness (QED) is 0.499. The number of carbonyl (C=O) groups excluding carboxylic acids is 2. The third-order valence-corrected chi connectivity index (χ3v) is 7.29. The largest absolute Gasteiger partial charge is 0.466 e. The lowest BCUT2D eigenvalue weighted by Crippen LogP contribution is -2.42. The van der Waals surface area contributed by atoms with Crippen molar-refractivity contribution >= 4 is 63.9 Å². The smallest absolute Gasteiger partial charge is 0.338 e. The van der Waals surface area contributed by atoms with E-state index in [1.807, 2.05) is 0 Å². The Balaban J connectivity index is 2.21. The highest BCUT2D eigenvalue weighted by molar-refractivity contribution is 7.07. The van der Waals surface area contributed by atoms with Crippen LogP contribution in [0, 0.1) is 11.6 Å². The maximum absolute atomic E-state index is 15.1. The molecule has 1 atom stereocenters. The number of nitrogens with two attached hydrogens (primary N) is 1. The third kappa shape index (κ3) is 4.11. The van der Waals surface area contributed by atoms with Gasteiger partial charge in [0.2, 0.25) is 0 Å². The van der Waals surface area contributed by atoms with Crippen LogP contribution in [0.3, 0.4) is 0 Å². The standard InChI is InChI=1S/C24H16Cl2F2N2O5S/c1-34-23(32)18-17(16-12(26)6-4-8-14(16)28)19(24(33)35-2)22-30(20(18)29)21(31)15(36-22)9-10-11(25)5-3-7-13(10)27/h3-9,17H,29H2,1-2H3/b15-9-. The van der Waals surface area contributed by atoms with Crippen LogP contribution in [0.25, 0.3) is 17.5 Å². The molecule has 2 N–H and O–H groups in total. The number of hydrogen-bond acceptors (Lipinski definition) is 7. The maximum Gasteiger partial charge on any atom is 0.338 e. The molecule has 2 heterocycles. The molecule has 1 aromatic heterocycles. The zero-order chi connectivity index (χ0) is 26.3. The van der Waals surface area contributed by atoms with Crippen molar-refractivity contribution in [2.75, 3.05) is 14.2 Å². The molecule has 0 spiro atoms. The number of thiazole rings is 1. The summed E-state index contributed by atoms with van der Waals surface area (Å²) >= 11 is 13.2. The van der Waals surface area contributed by atoms with Gasteiger partial charge in [-0.25, -0.2) is 18.4 Å². The minimum Gasteiger partial charge on any atom is -0.466 e. The van der Waals surface area contributed by atoms with Crippen LogP contribution in [0.4, 0.5) is 8.78 Å². The number of carbonyl (C=O) groups is 2.